The van der Waals surface area contributed by atoms with E-state index in [9.17, 15) is 14.4 Å². The first-order valence-corrected chi connectivity index (χ1v) is 7.60. The van der Waals surface area contributed by atoms with Crippen molar-refractivity contribution < 1.29 is 19.1 Å². The molecule has 0 saturated heterocycles. The molecular formula is C18H16ClNO4. The van der Waals surface area contributed by atoms with E-state index >= 15 is 0 Å². The van der Waals surface area contributed by atoms with Crippen LogP contribution in [0, 0.1) is 0 Å². The summed E-state index contributed by atoms with van der Waals surface area (Å²) in [5, 5.41) is 2.89. The van der Waals surface area contributed by atoms with Gasteiger partial charge in [-0.15, -0.1) is 0 Å². The monoisotopic (exact) mass is 345 g/mol. The van der Waals surface area contributed by atoms with Gasteiger partial charge >= 0.3 is 0 Å². The zero-order valence-corrected chi connectivity index (χ0v) is 13.8. The predicted octanol–water partition coefficient (Wildman–Crippen LogP) is 3.52. The molecule has 2 aromatic carbocycles. The first-order chi connectivity index (χ1) is 11.5. The number of para-hydroxylation sites is 1. The Balaban J connectivity index is 1.90. The topological polar surface area (TPSA) is 72.5 Å². The Morgan fingerprint density at radius 1 is 1.04 bits per heavy atom. The number of methoxy groups -OCH3 is 1. The van der Waals surface area contributed by atoms with E-state index < -0.39 is 17.5 Å². The van der Waals surface area contributed by atoms with Crippen LogP contribution in [0.2, 0.25) is 5.02 Å². The molecule has 1 N–H and O–H groups in total. The lowest BCUT2D eigenvalue weighted by Gasteiger charge is -2.06. The van der Waals surface area contributed by atoms with Gasteiger partial charge in [-0.25, -0.2) is 0 Å². The van der Waals surface area contributed by atoms with Crippen LogP contribution in [-0.4, -0.2) is 24.6 Å². The Bertz CT molecular complexity index is 759. The van der Waals surface area contributed by atoms with Crippen LogP contribution in [-0.2, 0) is 9.59 Å². The smallest absolute Gasteiger partial charge is 0.231 e. The van der Waals surface area contributed by atoms with Gasteiger partial charge in [0.05, 0.1) is 25.0 Å². The lowest BCUT2D eigenvalue weighted by atomic mass is 10.0. The summed E-state index contributed by atoms with van der Waals surface area (Å²) in [5.41, 5.74) is 0.904. The van der Waals surface area contributed by atoms with Gasteiger partial charge in [-0.3, -0.25) is 14.4 Å². The van der Waals surface area contributed by atoms with Crippen LogP contribution in [0.25, 0.3) is 0 Å². The normalized spacial score (nSPS) is 10.1. The van der Waals surface area contributed by atoms with Crippen LogP contribution < -0.4 is 10.1 Å². The third-order valence-electron chi connectivity index (χ3n) is 3.25. The molecule has 0 aromatic heterocycles. The van der Waals surface area contributed by atoms with E-state index in [1.165, 1.54) is 19.2 Å². The molecule has 0 spiro atoms. The van der Waals surface area contributed by atoms with Crippen LogP contribution >= 0.6 is 11.6 Å². The molecule has 1 amide bonds. The maximum absolute atomic E-state index is 12.1. The summed E-state index contributed by atoms with van der Waals surface area (Å²) in [4.78, 5) is 35.8. The van der Waals surface area contributed by atoms with Crippen LogP contribution in [0.5, 0.6) is 5.75 Å². The van der Waals surface area contributed by atoms with E-state index in [1.54, 1.807) is 30.3 Å². The largest absolute Gasteiger partial charge is 0.495 e. The Kier molecular flexibility index (Phi) is 6.09. The lowest BCUT2D eigenvalue weighted by Crippen LogP contribution is -2.18. The molecule has 5 nitrogen and oxygen atoms in total. The number of amides is 1. The van der Waals surface area contributed by atoms with Crippen molar-refractivity contribution in [1.82, 2.24) is 0 Å². The molecule has 2 rings (SSSR count). The number of nitrogens with one attached hydrogen (secondary N) is 1. The summed E-state index contributed by atoms with van der Waals surface area (Å²) in [7, 11) is 1.47. The average molecular weight is 346 g/mol. The Morgan fingerprint density at radius 3 is 2.38 bits per heavy atom. The van der Waals surface area contributed by atoms with Crippen molar-refractivity contribution in [3.05, 3.63) is 59.1 Å². The average Bonchev–Trinajstić information content (AvgIpc) is 2.55. The summed E-state index contributed by atoms with van der Waals surface area (Å²) >= 11 is 5.96. The number of ketones is 2. The quantitative estimate of drug-likeness (QED) is 0.615. The van der Waals surface area contributed by atoms with E-state index in [2.05, 4.69) is 5.32 Å². The predicted molar refractivity (Wildman–Crippen MR) is 91.6 cm³/mol. The van der Waals surface area contributed by atoms with Crippen LogP contribution in [0.1, 0.15) is 23.2 Å². The van der Waals surface area contributed by atoms with Crippen molar-refractivity contribution in [2.45, 2.75) is 12.8 Å². The summed E-state index contributed by atoms with van der Waals surface area (Å²) in [5.74, 6) is -0.856. The molecule has 2 aromatic rings. The van der Waals surface area contributed by atoms with Crippen LogP contribution in [0.4, 0.5) is 5.69 Å². The van der Waals surface area contributed by atoms with E-state index in [0.717, 1.165) is 0 Å². The summed E-state index contributed by atoms with van der Waals surface area (Å²) in [6, 6.07) is 13.3. The van der Waals surface area contributed by atoms with Gasteiger partial charge in [0, 0.05) is 11.3 Å². The molecule has 6 heteroatoms. The minimum absolute atomic E-state index is 0.289. The van der Waals surface area contributed by atoms with Crippen molar-refractivity contribution in [2.75, 3.05) is 12.4 Å². The van der Waals surface area contributed by atoms with Crippen molar-refractivity contribution >= 4 is 34.8 Å². The number of Topliss-reactive ketones (excluding diaryl/α,β-unsaturated/α-hetero) is 2. The summed E-state index contributed by atoms with van der Waals surface area (Å²) in [6.45, 7) is 0. The van der Waals surface area contributed by atoms with Crippen LogP contribution in [0.3, 0.4) is 0 Å². The van der Waals surface area contributed by atoms with E-state index in [1.807, 2.05) is 6.07 Å². The molecule has 0 aliphatic carbocycles. The summed E-state index contributed by atoms with van der Waals surface area (Å²) < 4.78 is 5.01. The van der Waals surface area contributed by atoms with E-state index in [0.29, 0.717) is 17.0 Å². The van der Waals surface area contributed by atoms with Gasteiger partial charge in [-0.1, -0.05) is 29.8 Å². The molecule has 0 heterocycles. The number of carbonyl (C=O) groups is 3. The van der Waals surface area contributed by atoms with Crippen molar-refractivity contribution in [1.29, 1.82) is 0 Å². The standard InChI is InChI=1S/C18H16ClNO4/c1-24-17-8-7-12(9-15(17)19)16(22)10-14(21)11-18(23)20-13-5-3-2-4-6-13/h2-9H,10-11H2,1H3,(H,20,23). The fraction of sp³-hybridized carbons (Fsp3) is 0.167. The molecule has 0 fully saturated rings. The molecule has 24 heavy (non-hydrogen) atoms. The first kappa shape index (κ1) is 17.7. The minimum atomic E-state index is -0.458. The SMILES string of the molecule is COc1ccc(C(=O)CC(=O)CC(=O)Nc2ccccc2)cc1Cl. The maximum Gasteiger partial charge on any atom is 0.231 e. The Labute approximate surface area is 144 Å². The minimum Gasteiger partial charge on any atom is -0.495 e. The van der Waals surface area contributed by atoms with Gasteiger partial charge < -0.3 is 10.1 Å². The second-order valence-corrected chi connectivity index (χ2v) is 5.49. The molecular weight excluding hydrogens is 330 g/mol. The lowest BCUT2D eigenvalue weighted by molar-refractivity contribution is -0.124. The zero-order valence-electron chi connectivity index (χ0n) is 13.0. The number of carbonyl (C=O) groups excluding carboxylic acids is 3. The molecule has 0 aliphatic heterocycles. The molecule has 0 atom stereocenters. The van der Waals surface area contributed by atoms with E-state index in [4.69, 9.17) is 16.3 Å². The van der Waals surface area contributed by atoms with E-state index in [-0.39, 0.29) is 17.9 Å². The highest BCUT2D eigenvalue weighted by atomic mass is 35.5. The fourth-order valence-corrected chi connectivity index (χ4v) is 2.35. The van der Waals surface area contributed by atoms with Gasteiger partial charge in [0.1, 0.15) is 11.5 Å². The molecule has 124 valence electrons. The fourth-order valence-electron chi connectivity index (χ4n) is 2.09. The summed E-state index contributed by atoms with van der Waals surface area (Å²) in [6.07, 6.45) is -0.713. The number of benzene rings is 2. The highest BCUT2D eigenvalue weighted by Crippen LogP contribution is 2.25. The molecule has 0 unspecified atom stereocenters. The number of hydrogen-bond donors (Lipinski definition) is 1. The number of hydrogen-bond acceptors (Lipinski definition) is 4. The number of ether oxygens (including phenoxy) is 1. The van der Waals surface area contributed by atoms with Gasteiger partial charge in [0.25, 0.3) is 0 Å². The Hall–Kier alpha value is -2.66. The molecule has 0 radical (unpaired) electrons. The maximum atomic E-state index is 12.1. The molecule has 0 saturated carbocycles. The van der Waals surface area contributed by atoms with Gasteiger partial charge in [-0.05, 0) is 30.3 Å². The second-order valence-electron chi connectivity index (χ2n) is 5.08. The number of halogens is 1. The molecule has 0 aliphatic rings. The van der Waals surface area contributed by atoms with Gasteiger partial charge in [-0.2, -0.15) is 0 Å². The van der Waals surface area contributed by atoms with Crippen molar-refractivity contribution in [3.63, 3.8) is 0 Å². The van der Waals surface area contributed by atoms with Gasteiger partial charge in [0.2, 0.25) is 5.91 Å². The third-order valence-corrected chi connectivity index (χ3v) is 3.54. The zero-order chi connectivity index (χ0) is 17.5. The second kappa shape index (κ2) is 8.26. The number of anilines is 1. The van der Waals surface area contributed by atoms with Crippen molar-refractivity contribution in [2.24, 2.45) is 0 Å². The third kappa shape index (κ3) is 4.93. The molecule has 0 bridgehead atoms. The Morgan fingerprint density at radius 2 is 1.75 bits per heavy atom. The van der Waals surface area contributed by atoms with Crippen molar-refractivity contribution in [3.8, 4) is 5.75 Å². The van der Waals surface area contributed by atoms with Crippen LogP contribution in [0.15, 0.2) is 48.5 Å². The highest BCUT2D eigenvalue weighted by Gasteiger charge is 2.16. The first-order valence-electron chi connectivity index (χ1n) is 7.23. The highest BCUT2D eigenvalue weighted by molar-refractivity contribution is 6.32. The van der Waals surface area contributed by atoms with Gasteiger partial charge in [0.15, 0.2) is 5.78 Å². The number of rotatable bonds is 7.